The minimum Gasteiger partial charge on any atom is -0.340 e. The molecule has 0 spiro atoms. The molecule has 1 aliphatic rings. The van der Waals surface area contributed by atoms with E-state index in [1.54, 1.807) is 11.3 Å². The predicted molar refractivity (Wildman–Crippen MR) is 116 cm³/mol. The van der Waals surface area contributed by atoms with Gasteiger partial charge in [0, 0.05) is 28.6 Å². The van der Waals surface area contributed by atoms with Crippen LogP contribution in [0.1, 0.15) is 43.1 Å². The first-order valence-electron chi connectivity index (χ1n) is 9.77. The molecule has 0 atom stereocenters. The fraction of sp³-hybridized carbons (Fsp3) is 0.333. The Kier molecular flexibility index (Phi) is 3.63. The maximum atomic E-state index is 13.4. The summed E-state index contributed by atoms with van der Waals surface area (Å²) < 4.78 is 3.38. The average Bonchev–Trinajstić information content (AvgIpc) is 3.04. The largest absolute Gasteiger partial charge is 0.340 e. The van der Waals surface area contributed by atoms with E-state index < -0.39 is 0 Å². The second-order valence-electron chi connectivity index (χ2n) is 9.00. The molecule has 4 aromatic rings. The van der Waals surface area contributed by atoms with Crippen LogP contribution in [0.3, 0.4) is 0 Å². The minimum absolute atomic E-state index is 0.0420. The number of hydrogen-bond acceptors (Lipinski definition) is 3. The number of ketones is 1. The predicted octanol–water partition coefficient (Wildman–Crippen LogP) is 6.16. The number of nitrogens with zero attached hydrogens (tertiary/aromatic N) is 2. The fourth-order valence-corrected chi connectivity index (χ4v) is 5.68. The minimum atomic E-state index is 0.0420. The van der Waals surface area contributed by atoms with E-state index >= 15 is 0 Å². The molecule has 2 heterocycles. The summed E-state index contributed by atoms with van der Waals surface area (Å²) >= 11 is 1.72. The molecule has 142 valence electrons. The second kappa shape index (κ2) is 5.77. The van der Waals surface area contributed by atoms with Crippen LogP contribution in [0.25, 0.3) is 21.1 Å². The molecule has 1 saturated carbocycles. The van der Waals surface area contributed by atoms with Gasteiger partial charge in [-0.3, -0.25) is 4.79 Å². The molecule has 1 aliphatic carbocycles. The van der Waals surface area contributed by atoms with E-state index in [-0.39, 0.29) is 22.5 Å². The van der Waals surface area contributed by atoms with Crippen molar-refractivity contribution in [3.63, 3.8) is 0 Å². The third-order valence-electron chi connectivity index (χ3n) is 6.98. The quantitative estimate of drug-likeness (QED) is 0.392. The molecule has 0 amide bonds. The van der Waals surface area contributed by atoms with Crippen molar-refractivity contribution in [2.45, 2.75) is 34.2 Å². The number of benzene rings is 2. The Bertz CT molecular complexity index is 1180. The van der Waals surface area contributed by atoms with Crippen LogP contribution in [0.2, 0.25) is 0 Å². The first-order valence-corrected chi connectivity index (χ1v) is 10.6. The van der Waals surface area contributed by atoms with Crippen molar-refractivity contribution in [1.29, 1.82) is 0 Å². The summed E-state index contributed by atoms with van der Waals surface area (Å²) in [7, 11) is 0. The molecule has 0 unspecified atom stereocenters. The van der Waals surface area contributed by atoms with Crippen molar-refractivity contribution in [3.05, 3.63) is 65.3 Å². The zero-order chi connectivity index (χ0) is 19.7. The van der Waals surface area contributed by atoms with Gasteiger partial charge >= 0.3 is 0 Å². The number of carbonyl (C=O) groups is 1. The van der Waals surface area contributed by atoms with Gasteiger partial charge in [-0.1, -0.05) is 58.0 Å². The van der Waals surface area contributed by atoms with Crippen LogP contribution in [-0.2, 0) is 6.54 Å². The lowest BCUT2D eigenvalue weighted by molar-refractivity contribution is 0.0946. The van der Waals surface area contributed by atoms with Gasteiger partial charge in [0.05, 0.1) is 16.8 Å². The van der Waals surface area contributed by atoms with Crippen molar-refractivity contribution in [1.82, 2.24) is 9.55 Å². The van der Waals surface area contributed by atoms with Crippen molar-refractivity contribution < 1.29 is 4.79 Å². The van der Waals surface area contributed by atoms with Crippen LogP contribution < -0.4 is 0 Å². The summed E-state index contributed by atoms with van der Waals surface area (Å²) in [5.41, 5.74) is 3.07. The molecule has 0 N–H and O–H groups in total. The SMILES string of the molecule is CC1(C)C(C(=O)c2cn(Cc3nc4ccccc4s3)c3ccccc23)C1(C)C. The summed E-state index contributed by atoms with van der Waals surface area (Å²) in [6.07, 6.45) is 2.05. The molecule has 2 aromatic heterocycles. The molecule has 28 heavy (non-hydrogen) atoms. The van der Waals surface area contributed by atoms with Crippen LogP contribution in [0.5, 0.6) is 0 Å². The zero-order valence-electron chi connectivity index (χ0n) is 16.7. The Morgan fingerprint density at radius 3 is 2.43 bits per heavy atom. The lowest BCUT2D eigenvalue weighted by atomic mass is 10.0. The monoisotopic (exact) mass is 388 g/mol. The number of fused-ring (bicyclic) bond motifs is 2. The maximum Gasteiger partial charge on any atom is 0.169 e. The van der Waals surface area contributed by atoms with Gasteiger partial charge in [0.2, 0.25) is 0 Å². The topological polar surface area (TPSA) is 34.9 Å². The van der Waals surface area contributed by atoms with Gasteiger partial charge in [0.15, 0.2) is 5.78 Å². The van der Waals surface area contributed by atoms with E-state index in [2.05, 4.69) is 56.5 Å². The lowest BCUT2D eigenvalue weighted by Crippen LogP contribution is -2.07. The summed E-state index contributed by atoms with van der Waals surface area (Å²) in [4.78, 5) is 18.2. The molecule has 5 rings (SSSR count). The summed E-state index contributed by atoms with van der Waals surface area (Å²) in [5.74, 6) is 0.343. The van der Waals surface area contributed by atoms with Gasteiger partial charge in [0.25, 0.3) is 0 Å². The number of thiazole rings is 1. The van der Waals surface area contributed by atoms with E-state index in [9.17, 15) is 4.79 Å². The van der Waals surface area contributed by atoms with Gasteiger partial charge in [-0.25, -0.2) is 4.98 Å². The highest BCUT2D eigenvalue weighted by atomic mass is 32.1. The Morgan fingerprint density at radius 2 is 1.71 bits per heavy atom. The van der Waals surface area contributed by atoms with Gasteiger partial charge in [0.1, 0.15) is 5.01 Å². The normalized spacial score (nSPS) is 18.0. The Labute approximate surface area is 169 Å². The van der Waals surface area contributed by atoms with Gasteiger partial charge in [-0.05, 0) is 29.0 Å². The van der Waals surface area contributed by atoms with Gasteiger partial charge in [-0.2, -0.15) is 0 Å². The van der Waals surface area contributed by atoms with Crippen LogP contribution in [-0.4, -0.2) is 15.3 Å². The number of rotatable bonds is 4. The van der Waals surface area contributed by atoms with E-state index in [1.165, 1.54) is 4.70 Å². The molecule has 0 aliphatic heterocycles. The van der Waals surface area contributed by atoms with Crippen molar-refractivity contribution in [2.75, 3.05) is 0 Å². The lowest BCUT2D eigenvalue weighted by Gasteiger charge is -2.03. The highest BCUT2D eigenvalue weighted by molar-refractivity contribution is 7.18. The number of carbonyl (C=O) groups excluding carboxylic acids is 1. The first-order chi connectivity index (χ1) is 13.3. The number of para-hydroxylation sites is 2. The third-order valence-corrected chi connectivity index (χ3v) is 8.00. The number of hydrogen-bond donors (Lipinski definition) is 0. The summed E-state index contributed by atoms with van der Waals surface area (Å²) in [5, 5.41) is 2.11. The van der Waals surface area contributed by atoms with Crippen molar-refractivity contribution >= 4 is 38.2 Å². The zero-order valence-corrected chi connectivity index (χ0v) is 17.5. The molecule has 0 saturated heterocycles. The van der Waals surface area contributed by atoms with E-state index in [0.717, 1.165) is 27.0 Å². The molecule has 2 aromatic carbocycles. The summed E-state index contributed by atoms with van der Waals surface area (Å²) in [6.45, 7) is 9.50. The first kappa shape index (κ1) is 17.6. The number of aromatic nitrogens is 2. The molecule has 0 radical (unpaired) electrons. The molecule has 1 fully saturated rings. The van der Waals surface area contributed by atoms with Crippen molar-refractivity contribution in [2.24, 2.45) is 16.7 Å². The third kappa shape index (κ3) is 2.40. The maximum absolute atomic E-state index is 13.4. The van der Waals surface area contributed by atoms with E-state index in [4.69, 9.17) is 4.98 Å². The molecule has 0 bridgehead atoms. The van der Waals surface area contributed by atoms with E-state index in [1.807, 2.05) is 30.5 Å². The fourth-order valence-electron chi connectivity index (χ4n) is 4.71. The Balaban J connectivity index is 1.57. The van der Waals surface area contributed by atoms with Crippen molar-refractivity contribution in [3.8, 4) is 0 Å². The van der Waals surface area contributed by atoms with Crippen LogP contribution >= 0.6 is 11.3 Å². The van der Waals surface area contributed by atoms with Crippen LogP contribution in [0, 0.1) is 16.7 Å². The van der Waals surface area contributed by atoms with Gasteiger partial charge in [-0.15, -0.1) is 11.3 Å². The van der Waals surface area contributed by atoms with Gasteiger partial charge < -0.3 is 4.57 Å². The summed E-state index contributed by atoms with van der Waals surface area (Å²) in [6, 6.07) is 16.5. The smallest absolute Gasteiger partial charge is 0.169 e. The molecular weight excluding hydrogens is 364 g/mol. The molecule has 3 nitrogen and oxygen atoms in total. The average molecular weight is 389 g/mol. The van der Waals surface area contributed by atoms with E-state index in [0.29, 0.717) is 6.54 Å². The van der Waals surface area contributed by atoms with Crippen LogP contribution in [0.15, 0.2) is 54.7 Å². The Morgan fingerprint density at radius 1 is 1.04 bits per heavy atom. The molecular formula is C24H24N2OS. The van der Waals surface area contributed by atoms with Crippen LogP contribution in [0.4, 0.5) is 0 Å². The standard InChI is InChI=1S/C24H24N2OS/c1-23(2)22(24(23,3)4)21(27)16-13-26(18-11-7-5-9-15(16)18)14-20-25-17-10-6-8-12-19(17)28-20/h5-13,22H,14H2,1-4H3. The molecule has 4 heteroatoms. The second-order valence-corrected chi connectivity index (χ2v) is 10.1. The number of Topliss-reactive ketones (excluding diaryl/α,β-unsaturated/α-hetero) is 1. The Hall–Kier alpha value is -2.46. The highest BCUT2D eigenvalue weighted by Gasteiger charge is 2.68. The highest BCUT2D eigenvalue weighted by Crippen LogP contribution is 2.69.